The van der Waals surface area contributed by atoms with Crippen LogP contribution in [-0.2, 0) is 23.9 Å². The quantitative estimate of drug-likeness (QED) is 0.211. The van der Waals surface area contributed by atoms with Gasteiger partial charge in [-0.2, -0.15) is 0 Å². The molecule has 1 aromatic carbocycles. The maximum absolute atomic E-state index is 14.5. The van der Waals surface area contributed by atoms with E-state index in [1.807, 2.05) is 12.2 Å². The van der Waals surface area contributed by atoms with Gasteiger partial charge in [0.2, 0.25) is 11.8 Å². The number of benzene rings is 1. The minimum atomic E-state index is -1.48. The Morgan fingerprint density at radius 2 is 1.79 bits per heavy atom. The number of aliphatic carboxylic acids is 1. The fourth-order valence-corrected chi connectivity index (χ4v) is 8.47. The third kappa shape index (κ3) is 8.51. The predicted octanol–water partition coefficient (Wildman–Crippen LogP) is 5.41. The number of fused-ring (bicyclic) bond motifs is 3. The number of carboxylic acids is 1. The van der Waals surface area contributed by atoms with Crippen molar-refractivity contribution in [1.29, 1.82) is 0 Å². The summed E-state index contributed by atoms with van der Waals surface area (Å²) in [6.07, 6.45) is 8.64. The lowest BCUT2D eigenvalue weighted by Crippen LogP contribution is -2.56. The molecule has 4 aliphatic rings. The van der Waals surface area contributed by atoms with Gasteiger partial charge >= 0.3 is 18.2 Å². The van der Waals surface area contributed by atoms with Crippen LogP contribution in [0.3, 0.4) is 0 Å². The zero-order chi connectivity index (χ0) is 39.4. The maximum Gasteiger partial charge on any atom is 0.413 e. The number of thiazole rings is 1. The summed E-state index contributed by atoms with van der Waals surface area (Å²) in [4.78, 5) is 76.9. The number of carboxylic acid groups (broad SMARTS) is 1. The Bertz CT molecular complexity index is 2020. The average Bonchev–Trinajstić information content (AvgIpc) is 3.62. The minimum absolute atomic E-state index is 0.0185. The van der Waals surface area contributed by atoms with E-state index in [1.54, 1.807) is 36.8 Å². The van der Waals surface area contributed by atoms with Gasteiger partial charge in [0.1, 0.15) is 47.0 Å². The normalized spacial score (nSPS) is 26.1. The van der Waals surface area contributed by atoms with Gasteiger partial charge in [0.05, 0.1) is 32.0 Å². The maximum atomic E-state index is 14.5. The van der Waals surface area contributed by atoms with E-state index >= 15 is 0 Å². The van der Waals surface area contributed by atoms with Crippen LogP contribution >= 0.6 is 11.3 Å². The van der Waals surface area contributed by atoms with E-state index in [9.17, 15) is 29.1 Å². The lowest BCUT2D eigenvalue weighted by molar-refractivity contribution is -0.145. The van der Waals surface area contributed by atoms with Crippen molar-refractivity contribution < 1.29 is 48.0 Å². The van der Waals surface area contributed by atoms with Crippen molar-refractivity contribution in [3.8, 4) is 22.9 Å². The molecule has 2 aromatic heterocycles. The smallest absolute Gasteiger partial charge is 0.413 e. The number of pyridine rings is 1. The molecular formula is C39H46N6O10S. The van der Waals surface area contributed by atoms with E-state index in [0.717, 1.165) is 44.9 Å². The predicted molar refractivity (Wildman–Crippen MR) is 204 cm³/mol. The van der Waals surface area contributed by atoms with Gasteiger partial charge < -0.3 is 39.6 Å². The molecule has 16 nitrogen and oxygen atoms in total. The highest BCUT2D eigenvalue weighted by molar-refractivity contribution is 7.14. The second-order valence-electron chi connectivity index (χ2n) is 14.7. The van der Waals surface area contributed by atoms with Crippen LogP contribution in [0.1, 0.15) is 70.6 Å². The topological polar surface area (TPSA) is 208 Å². The fraction of sp³-hybridized carbons (Fsp3) is 0.513. The molecule has 0 bridgehead atoms. The Kier molecular flexibility index (Phi) is 11.6. The summed E-state index contributed by atoms with van der Waals surface area (Å²) >= 11 is 1.18. The number of hydrogen-bond donors (Lipinski definition) is 4. The zero-order valence-electron chi connectivity index (χ0n) is 31.3. The molecule has 0 radical (unpaired) electrons. The number of nitrogens with one attached hydrogen (secondary N) is 3. The van der Waals surface area contributed by atoms with Crippen molar-refractivity contribution in [3.63, 3.8) is 0 Å². The molecule has 3 aromatic rings. The summed E-state index contributed by atoms with van der Waals surface area (Å²) in [6, 6.07) is 4.94. The molecule has 5 atom stereocenters. The number of carbonyl (C=O) groups is 5. The Balaban J connectivity index is 1.20. The zero-order valence-corrected chi connectivity index (χ0v) is 32.1. The molecule has 7 rings (SSSR count). The second-order valence-corrected chi connectivity index (χ2v) is 15.5. The van der Waals surface area contributed by atoms with Gasteiger partial charge in [0.15, 0.2) is 5.13 Å². The Morgan fingerprint density at radius 3 is 2.55 bits per heavy atom. The first-order chi connectivity index (χ1) is 27.1. The number of alkyl carbamates (subject to hydrolysis) is 1. The first kappa shape index (κ1) is 38.8. The first-order valence-corrected chi connectivity index (χ1v) is 19.9. The van der Waals surface area contributed by atoms with Gasteiger partial charge in [-0.3, -0.25) is 14.9 Å². The van der Waals surface area contributed by atoms with Gasteiger partial charge in [0.25, 0.3) is 0 Å². The first-order valence-electron chi connectivity index (χ1n) is 19.0. The highest BCUT2D eigenvalue weighted by atomic mass is 32.1. The summed E-state index contributed by atoms with van der Waals surface area (Å²) in [7, 11) is 2.80. The van der Waals surface area contributed by atoms with E-state index in [-0.39, 0.29) is 31.4 Å². The molecule has 0 spiro atoms. The molecule has 4 amide bonds. The summed E-state index contributed by atoms with van der Waals surface area (Å²) in [5.74, 6) is -1.64. The van der Waals surface area contributed by atoms with Crippen LogP contribution in [0, 0.1) is 5.92 Å². The van der Waals surface area contributed by atoms with E-state index in [1.165, 1.54) is 23.3 Å². The Hall–Kier alpha value is -5.45. The van der Waals surface area contributed by atoms with Crippen LogP contribution in [0.2, 0.25) is 0 Å². The molecule has 1 saturated heterocycles. The molecule has 2 saturated carbocycles. The van der Waals surface area contributed by atoms with Crippen LogP contribution in [0.4, 0.5) is 14.7 Å². The van der Waals surface area contributed by atoms with Crippen LogP contribution in [0.25, 0.3) is 22.3 Å². The number of carbonyl (C=O) groups excluding carboxylic acids is 4. The highest BCUT2D eigenvalue weighted by Gasteiger charge is 2.61. The largest absolute Gasteiger partial charge is 0.497 e. The molecule has 4 N–H and O–H groups in total. The molecule has 2 aliphatic carbocycles. The van der Waals surface area contributed by atoms with Crippen molar-refractivity contribution in [1.82, 2.24) is 25.5 Å². The van der Waals surface area contributed by atoms with E-state index in [4.69, 9.17) is 19.2 Å². The number of amides is 4. The summed E-state index contributed by atoms with van der Waals surface area (Å²) in [6.45, 7) is -0.0185. The van der Waals surface area contributed by atoms with Gasteiger partial charge in [0, 0.05) is 35.2 Å². The Labute approximate surface area is 327 Å². The van der Waals surface area contributed by atoms with Crippen molar-refractivity contribution >= 4 is 57.3 Å². The molecule has 4 heterocycles. The second kappa shape index (κ2) is 16.7. The number of methoxy groups -OCH3 is 2. The van der Waals surface area contributed by atoms with E-state index in [0.29, 0.717) is 51.8 Å². The minimum Gasteiger partial charge on any atom is -0.497 e. The molecule has 2 aliphatic heterocycles. The number of allylic oxidation sites excluding steroid dienone is 1. The monoisotopic (exact) mass is 790 g/mol. The number of nitrogens with zero attached hydrogens (tertiary/aromatic N) is 3. The number of hydrogen-bond acceptors (Lipinski definition) is 12. The summed E-state index contributed by atoms with van der Waals surface area (Å²) in [5.41, 5.74) is -0.0720. The number of ether oxygens (including phenoxy) is 4. The third-order valence-corrected chi connectivity index (χ3v) is 11.7. The standard InChI is InChI=1S/C39H46N6O10S/c1-52-24-14-15-26-28(16-24)40-29(30-21-56-36(41-30)43-37(50)53-2)18-32(26)54-25-17-31-33(46)44-39(35(48)49)19-22(39)10-6-4-3-5-7-13-27(34(47)45(31)20-25)42-38(51)55-23-11-8-9-12-23/h6,10,14-16,18,21-23,25,27,31H,3-5,7-9,11-13,17,19-20H2,1-2H3,(H,42,51)(H,44,46)(H,48,49)(H,41,43,50)/b10-6-/t22?,25-,27+,31+,39-/m1/s1. The SMILES string of the molecule is COC(=O)Nc1nc(-c2cc(O[C@@H]3C[C@H]4C(=O)N[C@]5(C(=O)O)CC5/C=C\CCCCC[C@H](NC(=O)OC5CCCC5)C(=O)N4C3)c3ccc(OC)cc3n2)cs1. The molecule has 17 heteroatoms. The number of anilines is 1. The number of aromatic nitrogens is 2. The lowest BCUT2D eigenvalue weighted by Gasteiger charge is -2.29. The lowest BCUT2D eigenvalue weighted by atomic mass is 10.0. The van der Waals surface area contributed by atoms with E-state index < -0.39 is 53.7 Å². The average molecular weight is 791 g/mol. The molecule has 1 unspecified atom stereocenters. The summed E-state index contributed by atoms with van der Waals surface area (Å²) in [5, 5.41) is 21.1. The summed E-state index contributed by atoms with van der Waals surface area (Å²) < 4.78 is 22.5. The molecular weight excluding hydrogens is 745 g/mol. The van der Waals surface area contributed by atoms with Crippen molar-refractivity contribution in [2.75, 3.05) is 26.1 Å². The number of rotatable bonds is 8. The van der Waals surface area contributed by atoms with Gasteiger partial charge in [-0.05, 0) is 63.5 Å². The van der Waals surface area contributed by atoms with Crippen molar-refractivity contribution in [2.24, 2.45) is 5.92 Å². The highest BCUT2D eigenvalue weighted by Crippen LogP contribution is 2.45. The molecule has 56 heavy (non-hydrogen) atoms. The van der Waals surface area contributed by atoms with Crippen LogP contribution in [0.5, 0.6) is 11.5 Å². The van der Waals surface area contributed by atoms with Gasteiger partial charge in [-0.25, -0.2) is 24.4 Å². The molecule has 3 fully saturated rings. The van der Waals surface area contributed by atoms with Crippen molar-refractivity contribution in [2.45, 2.75) is 100 Å². The Morgan fingerprint density at radius 1 is 0.982 bits per heavy atom. The van der Waals surface area contributed by atoms with Crippen LogP contribution in [0.15, 0.2) is 41.8 Å². The fourth-order valence-electron chi connectivity index (χ4n) is 7.78. The third-order valence-electron chi connectivity index (χ3n) is 10.9. The van der Waals surface area contributed by atoms with Crippen LogP contribution in [-0.4, -0.2) is 101 Å². The van der Waals surface area contributed by atoms with Crippen LogP contribution < -0.4 is 25.4 Å². The van der Waals surface area contributed by atoms with Gasteiger partial charge in [-0.15, -0.1) is 11.3 Å². The van der Waals surface area contributed by atoms with Crippen molar-refractivity contribution in [3.05, 3.63) is 41.8 Å². The molecule has 298 valence electrons. The van der Waals surface area contributed by atoms with Gasteiger partial charge in [-0.1, -0.05) is 25.0 Å². The van der Waals surface area contributed by atoms with E-state index in [2.05, 4.69) is 25.7 Å².